The lowest BCUT2D eigenvalue weighted by atomic mass is 10.1. The van der Waals surface area contributed by atoms with Crippen molar-refractivity contribution in [3.8, 4) is 0 Å². The highest BCUT2D eigenvalue weighted by Crippen LogP contribution is 2.82. The van der Waals surface area contributed by atoms with Crippen molar-refractivity contribution in [2.24, 2.45) is 18.7 Å². The fraction of sp³-hybridized carbons (Fsp3) is 0.667. The minimum Gasteiger partial charge on any atom is -0.352 e. The van der Waals surface area contributed by atoms with Gasteiger partial charge in [-0.1, -0.05) is 5.11 Å². The molecule has 0 saturated carbocycles. The van der Waals surface area contributed by atoms with E-state index in [1.165, 1.54) is 13.1 Å². The third kappa shape index (κ3) is 4.80. The number of ether oxygens (including phenoxy) is 1. The number of aromatic amines is 1. The summed E-state index contributed by atoms with van der Waals surface area (Å²) in [6.07, 6.45) is -0.858. The number of nitrogens with zero attached hydrogens (tertiary/aromatic N) is 7. The Hall–Kier alpha value is -1.69. The zero-order chi connectivity index (χ0) is 23.1. The molecule has 1 aromatic rings. The van der Waals surface area contributed by atoms with Gasteiger partial charge in [-0.05, 0) is 12.5 Å². The molecule has 4 heterocycles. The monoisotopic (exact) mass is 518 g/mol. The summed E-state index contributed by atoms with van der Waals surface area (Å²) in [6, 6.07) is -0.928. The maximum absolute atomic E-state index is 15.2. The summed E-state index contributed by atoms with van der Waals surface area (Å²) in [5.41, 5.74) is 7.69. The van der Waals surface area contributed by atoms with E-state index in [4.69, 9.17) is 23.8 Å². The molecule has 0 aromatic carbocycles. The summed E-state index contributed by atoms with van der Waals surface area (Å²) >= 11 is 0. The van der Waals surface area contributed by atoms with Crippen LogP contribution in [0, 0.1) is 6.92 Å². The molecule has 1 N–H and O–H groups in total. The first-order valence-corrected chi connectivity index (χ1v) is 13.5. The number of rotatable bonds is 5. The Bertz CT molecular complexity index is 1260. The number of aromatic nitrogens is 2. The molecule has 2 fully saturated rings. The molecule has 4 atom stereocenters. The number of halogens is 3. The standard InChI is InChI=1S/C12H16F3N8O6P3/c1-7-5-23(12(25)17-11(7)24)10-4-8(18-19-16)9(29-10)6-28-31(15)20-30(13,14)21-32(22-31)26-2-3-27-32/h5,8-10H,2-4,6H2,1H3,(H,17,24,25). The summed E-state index contributed by atoms with van der Waals surface area (Å²) in [7, 11) is -14.2. The van der Waals surface area contributed by atoms with Crippen molar-refractivity contribution in [3.63, 3.8) is 0 Å². The van der Waals surface area contributed by atoms with E-state index in [0.29, 0.717) is 0 Å². The molecule has 0 amide bonds. The quantitative estimate of drug-likeness (QED) is 0.257. The van der Waals surface area contributed by atoms with Gasteiger partial charge in [-0.2, -0.15) is 4.20 Å². The van der Waals surface area contributed by atoms with Gasteiger partial charge in [0.25, 0.3) is 5.56 Å². The second kappa shape index (κ2) is 8.58. The summed E-state index contributed by atoms with van der Waals surface area (Å²) in [5, 5.41) is 3.55. The average Bonchev–Trinajstić information content (AvgIpc) is 3.28. The largest absolute Gasteiger partial charge is 0.424 e. The SMILES string of the molecule is Cc1cn(C2CC(N=[N+]=[N-])C(COP3(F)=NP(F)(F)=NP4(=N3)OCCO4)O2)c(=O)[nH]c1=O. The van der Waals surface area contributed by atoms with Crippen molar-refractivity contribution in [1.82, 2.24) is 9.55 Å². The number of azide groups is 1. The fourth-order valence-electron chi connectivity index (χ4n) is 3.16. The molecule has 1 spiro atoms. The van der Waals surface area contributed by atoms with E-state index in [0.717, 1.165) is 4.57 Å². The summed E-state index contributed by atoms with van der Waals surface area (Å²) in [5.74, 6) is 0. The second-order valence-electron chi connectivity index (χ2n) is 6.77. The van der Waals surface area contributed by atoms with Crippen LogP contribution in [0.3, 0.4) is 0 Å². The molecule has 0 radical (unpaired) electrons. The molecule has 0 bridgehead atoms. The number of hydrogen-bond donors (Lipinski definition) is 1. The molecule has 3 aliphatic heterocycles. The average molecular weight is 518 g/mol. The van der Waals surface area contributed by atoms with Gasteiger partial charge in [0.15, 0.2) is 0 Å². The van der Waals surface area contributed by atoms with Crippen LogP contribution in [0.15, 0.2) is 34.4 Å². The van der Waals surface area contributed by atoms with Gasteiger partial charge in [0.05, 0.1) is 32.0 Å². The van der Waals surface area contributed by atoms with Crippen LogP contribution in [0.4, 0.5) is 12.6 Å². The van der Waals surface area contributed by atoms with Crippen LogP contribution >= 0.6 is 23.2 Å². The molecule has 32 heavy (non-hydrogen) atoms. The summed E-state index contributed by atoms with van der Waals surface area (Å²) < 4.78 is 74.5. The molecule has 0 aliphatic carbocycles. The normalized spacial score (nSPS) is 32.6. The Kier molecular flexibility index (Phi) is 6.30. The van der Waals surface area contributed by atoms with E-state index in [2.05, 4.69) is 28.6 Å². The van der Waals surface area contributed by atoms with Gasteiger partial charge < -0.3 is 18.3 Å². The molecule has 176 valence electrons. The maximum atomic E-state index is 15.2. The van der Waals surface area contributed by atoms with Crippen LogP contribution in [0.25, 0.3) is 10.4 Å². The molecule has 1 aromatic heterocycles. The fourth-order valence-corrected chi connectivity index (χ4v) is 10.1. The van der Waals surface area contributed by atoms with Crippen LogP contribution < -0.4 is 11.2 Å². The number of aryl methyl sites for hydroxylation is 1. The predicted molar refractivity (Wildman–Crippen MR) is 107 cm³/mol. The van der Waals surface area contributed by atoms with Gasteiger partial charge >= 0.3 is 28.9 Å². The summed E-state index contributed by atoms with van der Waals surface area (Å²) in [4.78, 5) is 28.5. The lowest BCUT2D eigenvalue weighted by Gasteiger charge is -2.23. The van der Waals surface area contributed by atoms with E-state index >= 15 is 4.20 Å². The molecule has 14 nitrogen and oxygen atoms in total. The third-order valence-corrected chi connectivity index (χ3v) is 11.3. The number of nitrogens with one attached hydrogen (secondary N) is 1. The van der Waals surface area contributed by atoms with Gasteiger partial charge in [0, 0.05) is 23.1 Å². The zero-order valence-corrected chi connectivity index (χ0v) is 18.9. The van der Waals surface area contributed by atoms with Crippen molar-refractivity contribution >= 4 is 23.2 Å². The Morgan fingerprint density at radius 1 is 1.31 bits per heavy atom. The zero-order valence-electron chi connectivity index (χ0n) is 16.2. The highest BCUT2D eigenvalue weighted by molar-refractivity contribution is 7.78. The number of H-pyrrole nitrogens is 1. The first-order chi connectivity index (χ1) is 15.0. The van der Waals surface area contributed by atoms with Gasteiger partial charge in [0.1, 0.15) is 6.23 Å². The van der Waals surface area contributed by atoms with Crippen LogP contribution in [-0.2, 0) is 18.3 Å². The number of hydrogen-bond acceptors (Lipinski definition) is 10. The van der Waals surface area contributed by atoms with Crippen LogP contribution in [-0.4, -0.2) is 41.5 Å². The highest BCUT2D eigenvalue weighted by atomic mass is 31.3. The lowest BCUT2D eigenvalue weighted by molar-refractivity contribution is -0.0220. The molecule has 4 unspecified atom stereocenters. The molecule has 20 heteroatoms. The third-order valence-electron chi connectivity index (χ3n) is 4.53. The van der Waals surface area contributed by atoms with Crippen LogP contribution in [0.2, 0.25) is 0 Å². The van der Waals surface area contributed by atoms with Crippen LogP contribution in [0.5, 0.6) is 0 Å². The molecule has 4 rings (SSSR count). The van der Waals surface area contributed by atoms with Gasteiger partial charge in [-0.3, -0.25) is 14.3 Å². The second-order valence-corrected chi connectivity index (χ2v) is 12.5. The minimum absolute atomic E-state index is 0.0167. The van der Waals surface area contributed by atoms with Gasteiger partial charge in [-0.25, -0.2) is 4.79 Å². The Balaban J connectivity index is 1.58. The van der Waals surface area contributed by atoms with Crippen LogP contribution in [0.1, 0.15) is 18.2 Å². The van der Waals surface area contributed by atoms with E-state index < -0.39 is 59.5 Å². The van der Waals surface area contributed by atoms with E-state index in [9.17, 15) is 18.0 Å². The van der Waals surface area contributed by atoms with E-state index in [1.807, 2.05) is 0 Å². The van der Waals surface area contributed by atoms with Crippen molar-refractivity contribution in [2.45, 2.75) is 31.7 Å². The Morgan fingerprint density at radius 3 is 2.72 bits per heavy atom. The maximum Gasteiger partial charge on any atom is 0.424 e. The predicted octanol–water partition coefficient (Wildman–Crippen LogP) is 4.64. The topological polar surface area (TPSA) is 178 Å². The molecular weight excluding hydrogens is 502 g/mol. The minimum atomic E-state index is -5.44. The summed E-state index contributed by atoms with van der Waals surface area (Å²) in [6.45, 7) is 0.675. The molecule has 2 saturated heterocycles. The van der Waals surface area contributed by atoms with Gasteiger partial charge in [-0.15, -0.1) is 21.9 Å². The Morgan fingerprint density at radius 2 is 2.03 bits per heavy atom. The van der Waals surface area contributed by atoms with Crippen molar-refractivity contribution in [3.05, 3.63) is 43.0 Å². The lowest BCUT2D eigenvalue weighted by Crippen LogP contribution is -2.33. The van der Waals surface area contributed by atoms with Crippen molar-refractivity contribution < 1.29 is 30.9 Å². The first-order valence-electron chi connectivity index (χ1n) is 9.00. The molecular formula is C12H16F3N8O6P3. The van der Waals surface area contributed by atoms with E-state index in [1.54, 1.807) is 0 Å². The smallest absolute Gasteiger partial charge is 0.352 e. The first kappa shape index (κ1) is 23.5. The highest BCUT2D eigenvalue weighted by Gasteiger charge is 2.45. The molecule has 3 aliphatic rings. The van der Waals surface area contributed by atoms with Gasteiger partial charge in [0.2, 0.25) is 0 Å². The van der Waals surface area contributed by atoms with Crippen molar-refractivity contribution in [2.75, 3.05) is 19.8 Å². The van der Waals surface area contributed by atoms with Crippen molar-refractivity contribution in [1.29, 1.82) is 0 Å². The van der Waals surface area contributed by atoms with E-state index in [-0.39, 0.29) is 25.2 Å². The Labute approximate surface area is 177 Å².